The summed E-state index contributed by atoms with van der Waals surface area (Å²) in [4.78, 5) is 52.4. The van der Waals surface area contributed by atoms with Crippen LogP contribution >= 0.6 is 27.7 Å². The molecule has 0 unspecified atom stereocenters. The molecular formula is C23H15BrN4O6S. The van der Waals surface area contributed by atoms with Crippen LogP contribution in [0, 0.1) is 10.1 Å². The van der Waals surface area contributed by atoms with Crippen molar-refractivity contribution in [3.05, 3.63) is 91.9 Å². The Morgan fingerprint density at radius 2 is 1.83 bits per heavy atom. The van der Waals surface area contributed by atoms with Gasteiger partial charge in [-0.1, -0.05) is 28.1 Å². The number of nitrogens with one attached hydrogen (secondary N) is 1. The minimum Gasteiger partial charge on any atom is -0.439 e. The van der Waals surface area contributed by atoms with Crippen LogP contribution in [0.3, 0.4) is 0 Å². The Morgan fingerprint density at radius 1 is 1.11 bits per heavy atom. The number of hydrogen-bond acceptors (Lipinski definition) is 8. The first kappa shape index (κ1) is 24.1. The molecule has 0 aliphatic carbocycles. The maximum Gasteiger partial charge on any atom is 0.294 e. The second-order valence-electron chi connectivity index (χ2n) is 7.11. The number of carbonyl (C=O) groups excluding carboxylic acids is 3. The molecule has 0 radical (unpaired) electrons. The summed E-state index contributed by atoms with van der Waals surface area (Å²) in [6.07, 6.45) is 2.64. The van der Waals surface area contributed by atoms with Crippen LogP contribution < -0.4 is 10.1 Å². The summed E-state index contributed by atoms with van der Waals surface area (Å²) in [6.45, 7) is -0.396. The summed E-state index contributed by atoms with van der Waals surface area (Å²) in [5.74, 6) is -0.425. The smallest absolute Gasteiger partial charge is 0.294 e. The van der Waals surface area contributed by atoms with Gasteiger partial charge in [0.2, 0.25) is 11.8 Å². The number of halogens is 1. The van der Waals surface area contributed by atoms with E-state index in [1.807, 2.05) is 0 Å². The van der Waals surface area contributed by atoms with Gasteiger partial charge in [-0.25, -0.2) is 4.98 Å². The maximum atomic E-state index is 12.7. The lowest BCUT2D eigenvalue weighted by atomic mass is 10.2. The quantitative estimate of drug-likeness (QED) is 0.239. The van der Waals surface area contributed by atoms with E-state index < -0.39 is 28.5 Å². The Bertz CT molecular complexity index is 1330. The van der Waals surface area contributed by atoms with Crippen LogP contribution in [-0.4, -0.2) is 38.4 Å². The summed E-state index contributed by atoms with van der Waals surface area (Å²) in [6, 6.07) is 16.2. The molecule has 3 aromatic rings. The number of pyridine rings is 1. The van der Waals surface area contributed by atoms with Crippen LogP contribution in [0.5, 0.6) is 11.6 Å². The third kappa shape index (κ3) is 6.11. The van der Waals surface area contributed by atoms with Crippen molar-refractivity contribution >= 4 is 62.2 Å². The van der Waals surface area contributed by atoms with Crippen molar-refractivity contribution in [2.45, 2.75) is 0 Å². The maximum absolute atomic E-state index is 12.7. The fraction of sp³-hybridized carbons (Fsp3) is 0.0435. The molecule has 0 saturated carbocycles. The largest absolute Gasteiger partial charge is 0.439 e. The Morgan fingerprint density at radius 3 is 2.46 bits per heavy atom. The Hall–Kier alpha value is -4.03. The second-order valence-corrected chi connectivity index (χ2v) is 9.01. The monoisotopic (exact) mass is 554 g/mol. The first-order chi connectivity index (χ1) is 16.8. The highest BCUT2D eigenvalue weighted by Gasteiger charge is 2.36. The number of amides is 3. The van der Waals surface area contributed by atoms with Crippen molar-refractivity contribution in [3.8, 4) is 11.6 Å². The predicted molar refractivity (Wildman–Crippen MR) is 133 cm³/mol. The number of thioether (sulfide) groups is 1. The van der Waals surface area contributed by atoms with Crippen molar-refractivity contribution in [1.82, 2.24) is 9.88 Å². The third-order valence-corrected chi connectivity index (χ3v) is 6.07. The summed E-state index contributed by atoms with van der Waals surface area (Å²) in [5, 5.41) is 12.8. The van der Waals surface area contributed by atoms with Crippen molar-refractivity contribution < 1.29 is 24.0 Å². The van der Waals surface area contributed by atoms with Gasteiger partial charge in [0.05, 0.1) is 9.83 Å². The molecule has 12 heteroatoms. The number of anilines is 1. The van der Waals surface area contributed by atoms with Gasteiger partial charge in [0.15, 0.2) is 0 Å². The molecule has 1 N–H and O–H groups in total. The zero-order valence-electron chi connectivity index (χ0n) is 17.7. The van der Waals surface area contributed by atoms with E-state index in [2.05, 4.69) is 26.2 Å². The fourth-order valence-electron chi connectivity index (χ4n) is 2.96. The normalized spacial score (nSPS) is 14.3. The van der Waals surface area contributed by atoms with Gasteiger partial charge < -0.3 is 10.1 Å². The Labute approximate surface area is 211 Å². The number of imide groups is 1. The van der Waals surface area contributed by atoms with E-state index in [0.717, 1.165) is 27.3 Å². The van der Waals surface area contributed by atoms with Crippen LogP contribution in [0.15, 0.2) is 76.2 Å². The predicted octanol–water partition coefficient (Wildman–Crippen LogP) is 5.22. The Balaban J connectivity index is 1.38. The van der Waals surface area contributed by atoms with E-state index in [1.165, 1.54) is 12.1 Å². The minimum absolute atomic E-state index is 0.146. The number of benzene rings is 2. The average Bonchev–Trinajstić information content (AvgIpc) is 3.09. The molecule has 176 valence electrons. The highest BCUT2D eigenvalue weighted by molar-refractivity contribution is 9.10. The van der Waals surface area contributed by atoms with Crippen molar-refractivity contribution in [3.63, 3.8) is 0 Å². The van der Waals surface area contributed by atoms with Gasteiger partial charge in [-0.3, -0.25) is 29.4 Å². The standard InChI is InChI=1S/C23H15BrN4O6S/c24-15-3-5-16(6-4-15)26-20(29)13-27-22(30)19(35-23(27)31)11-14-1-8-18(9-2-14)34-21-10-7-17(12-25-21)28(32)33/h1-12H,13H2,(H,26,29)/b19-11-. The fourth-order valence-corrected chi connectivity index (χ4v) is 4.06. The molecule has 10 nitrogen and oxygen atoms in total. The number of hydrogen-bond donors (Lipinski definition) is 1. The molecule has 1 saturated heterocycles. The Kier molecular flexibility index (Phi) is 7.22. The number of nitrogens with zero attached hydrogens (tertiary/aromatic N) is 3. The van der Waals surface area contributed by atoms with Gasteiger partial charge in [0.25, 0.3) is 16.8 Å². The zero-order chi connectivity index (χ0) is 24.9. The number of ether oxygens (including phenoxy) is 1. The van der Waals surface area contributed by atoms with E-state index in [0.29, 0.717) is 17.0 Å². The summed E-state index contributed by atoms with van der Waals surface area (Å²) in [7, 11) is 0. The molecule has 35 heavy (non-hydrogen) atoms. The number of aromatic nitrogens is 1. The zero-order valence-corrected chi connectivity index (χ0v) is 20.1. The highest BCUT2D eigenvalue weighted by atomic mass is 79.9. The lowest BCUT2D eigenvalue weighted by Gasteiger charge is -2.12. The van der Waals surface area contributed by atoms with E-state index in [4.69, 9.17) is 4.74 Å². The van der Waals surface area contributed by atoms with E-state index in [1.54, 1.807) is 54.6 Å². The topological polar surface area (TPSA) is 132 Å². The number of rotatable bonds is 7. The first-order valence-electron chi connectivity index (χ1n) is 9.97. The third-order valence-electron chi connectivity index (χ3n) is 4.64. The second kappa shape index (κ2) is 10.5. The molecule has 0 atom stereocenters. The molecule has 0 spiro atoms. The van der Waals surface area contributed by atoms with Gasteiger partial charge in [-0.2, -0.15) is 0 Å². The number of carbonyl (C=O) groups is 3. The van der Waals surface area contributed by atoms with Crippen LogP contribution in [-0.2, 0) is 9.59 Å². The minimum atomic E-state index is -0.554. The van der Waals surface area contributed by atoms with Crippen LogP contribution in [0.2, 0.25) is 0 Å². The summed E-state index contributed by atoms with van der Waals surface area (Å²) < 4.78 is 6.41. The number of nitro groups is 1. The molecule has 4 rings (SSSR count). The van der Waals surface area contributed by atoms with Crippen molar-refractivity contribution in [2.75, 3.05) is 11.9 Å². The molecule has 1 fully saturated rings. The van der Waals surface area contributed by atoms with E-state index in [-0.39, 0.29) is 16.5 Å². The molecular weight excluding hydrogens is 540 g/mol. The molecule has 1 aliphatic heterocycles. The van der Waals surface area contributed by atoms with E-state index >= 15 is 0 Å². The molecule has 2 heterocycles. The molecule has 2 aromatic carbocycles. The summed E-state index contributed by atoms with van der Waals surface area (Å²) in [5.41, 5.74) is 1.04. The van der Waals surface area contributed by atoms with Crippen LogP contribution in [0.4, 0.5) is 16.2 Å². The average molecular weight is 555 g/mol. The molecule has 1 aromatic heterocycles. The summed E-state index contributed by atoms with van der Waals surface area (Å²) >= 11 is 4.06. The van der Waals surface area contributed by atoms with Gasteiger partial charge in [-0.15, -0.1) is 0 Å². The van der Waals surface area contributed by atoms with Gasteiger partial charge >= 0.3 is 0 Å². The molecule has 1 aliphatic rings. The van der Waals surface area contributed by atoms with Crippen molar-refractivity contribution in [2.24, 2.45) is 0 Å². The highest BCUT2D eigenvalue weighted by Crippen LogP contribution is 2.32. The molecule has 0 bridgehead atoms. The van der Waals surface area contributed by atoms with Crippen LogP contribution in [0.25, 0.3) is 6.08 Å². The van der Waals surface area contributed by atoms with Crippen LogP contribution in [0.1, 0.15) is 5.56 Å². The van der Waals surface area contributed by atoms with Gasteiger partial charge in [-0.05, 0) is 59.8 Å². The van der Waals surface area contributed by atoms with Crippen molar-refractivity contribution in [1.29, 1.82) is 0 Å². The lowest BCUT2D eigenvalue weighted by molar-refractivity contribution is -0.385. The molecule has 3 amide bonds. The van der Waals surface area contributed by atoms with Gasteiger partial charge in [0, 0.05) is 22.3 Å². The van der Waals surface area contributed by atoms with E-state index in [9.17, 15) is 24.5 Å². The van der Waals surface area contributed by atoms with Gasteiger partial charge in [0.1, 0.15) is 18.5 Å². The SMILES string of the molecule is O=C(CN1C(=O)S/C(=C\c2ccc(Oc3ccc([N+](=O)[O-])cn3)cc2)C1=O)Nc1ccc(Br)cc1. The first-order valence-corrected chi connectivity index (χ1v) is 11.6. The lowest BCUT2D eigenvalue weighted by Crippen LogP contribution is -2.36.